The molecular formula is C18H18N2O4. The molecule has 0 fully saturated rings. The standard InChI is InChI=1S/C18H18N2O4/c1-11-16(24-15-8-3-2-7-14(15)23-11)18(22)20-10-12-5-4-6-13(9-12)17(19)21/h2-9,11,16H,10H2,1H3,(H2,19,21)(H,20,22). The lowest BCUT2D eigenvalue weighted by Crippen LogP contribution is -2.48. The van der Waals surface area contributed by atoms with Crippen molar-refractivity contribution in [1.82, 2.24) is 5.32 Å². The Labute approximate surface area is 139 Å². The van der Waals surface area contributed by atoms with Gasteiger partial charge in [0, 0.05) is 12.1 Å². The van der Waals surface area contributed by atoms with E-state index >= 15 is 0 Å². The van der Waals surface area contributed by atoms with Crippen LogP contribution in [0.2, 0.25) is 0 Å². The van der Waals surface area contributed by atoms with Crippen LogP contribution in [-0.2, 0) is 11.3 Å². The summed E-state index contributed by atoms with van der Waals surface area (Å²) in [5.74, 6) is 0.397. The normalized spacial score (nSPS) is 18.7. The number of hydrogen-bond acceptors (Lipinski definition) is 4. The topological polar surface area (TPSA) is 90.7 Å². The number of ether oxygens (including phenoxy) is 2. The Kier molecular flexibility index (Phi) is 4.37. The minimum absolute atomic E-state index is 0.272. The average molecular weight is 326 g/mol. The minimum Gasteiger partial charge on any atom is -0.482 e. The predicted molar refractivity (Wildman–Crippen MR) is 87.8 cm³/mol. The van der Waals surface area contributed by atoms with Crippen molar-refractivity contribution in [2.24, 2.45) is 5.73 Å². The molecule has 2 amide bonds. The van der Waals surface area contributed by atoms with Crippen LogP contribution in [0.25, 0.3) is 0 Å². The number of hydrogen-bond donors (Lipinski definition) is 2. The zero-order valence-electron chi connectivity index (χ0n) is 13.2. The third-order valence-corrected chi connectivity index (χ3v) is 3.78. The maximum absolute atomic E-state index is 12.4. The van der Waals surface area contributed by atoms with E-state index in [-0.39, 0.29) is 12.5 Å². The summed E-state index contributed by atoms with van der Waals surface area (Å²) in [6, 6.07) is 14.0. The molecule has 0 spiro atoms. The van der Waals surface area contributed by atoms with E-state index in [0.717, 1.165) is 5.56 Å². The summed E-state index contributed by atoms with van der Waals surface area (Å²) in [4.78, 5) is 23.6. The van der Waals surface area contributed by atoms with Gasteiger partial charge >= 0.3 is 0 Å². The van der Waals surface area contributed by atoms with Crippen LogP contribution in [0, 0.1) is 0 Å². The Hall–Kier alpha value is -3.02. The minimum atomic E-state index is -0.737. The van der Waals surface area contributed by atoms with Crippen LogP contribution in [-0.4, -0.2) is 24.0 Å². The molecule has 6 heteroatoms. The van der Waals surface area contributed by atoms with E-state index in [4.69, 9.17) is 15.2 Å². The highest BCUT2D eigenvalue weighted by molar-refractivity contribution is 5.92. The van der Waals surface area contributed by atoms with E-state index in [0.29, 0.717) is 17.1 Å². The van der Waals surface area contributed by atoms with E-state index < -0.39 is 18.1 Å². The Bertz CT molecular complexity index is 775. The first-order valence-corrected chi connectivity index (χ1v) is 7.63. The summed E-state index contributed by atoms with van der Waals surface area (Å²) in [5, 5.41) is 2.80. The number of nitrogens with one attached hydrogen (secondary N) is 1. The van der Waals surface area contributed by atoms with Gasteiger partial charge in [-0.1, -0.05) is 24.3 Å². The second kappa shape index (κ2) is 6.62. The number of nitrogens with two attached hydrogens (primary N) is 1. The summed E-state index contributed by atoms with van der Waals surface area (Å²) < 4.78 is 11.5. The molecule has 6 nitrogen and oxygen atoms in total. The van der Waals surface area contributed by atoms with Crippen LogP contribution >= 0.6 is 0 Å². The largest absolute Gasteiger partial charge is 0.482 e. The highest BCUT2D eigenvalue weighted by Crippen LogP contribution is 2.33. The van der Waals surface area contributed by atoms with Crippen LogP contribution < -0.4 is 20.5 Å². The smallest absolute Gasteiger partial charge is 0.265 e. The summed E-state index contributed by atoms with van der Waals surface area (Å²) in [6.45, 7) is 2.06. The van der Waals surface area contributed by atoms with Crippen molar-refractivity contribution in [3.63, 3.8) is 0 Å². The van der Waals surface area contributed by atoms with E-state index in [1.807, 2.05) is 18.2 Å². The molecule has 2 aromatic rings. The average Bonchev–Trinajstić information content (AvgIpc) is 2.59. The number of carbonyl (C=O) groups excluding carboxylic acids is 2. The molecule has 3 N–H and O–H groups in total. The summed E-state index contributed by atoms with van der Waals surface area (Å²) in [7, 11) is 0. The fourth-order valence-corrected chi connectivity index (χ4v) is 2.53. The van der Waals surface area contributed by atoms with Crippen molar-refractivity contribution in [1.29, 1.82) is 0 Å². The number of carbonyl (C=O) groups is 2. The van der Waals surface area contributed by atoms with Crippen LogP contribution in [0.1, 0.15) is 22.8 Å². The molecule has 1 aliphatic heterocycles. The van der Waals surface area contributed by atoms with E-state index in [1.165, 1.54) is 0 Å². The monoisotopic (exact) mass is 326 g/mol. The van der Waals surface area contributed by atoms with Crippen molar-refractivity contribution in [3.05, 3.63) is 59.7 Å². The Morgan fingerprint density at radius 1 is 1.08 bits per heavy atom. The molecule has 0 saturated heterocycles. The number of para-hydroxylation sites is 2. The van der Waals surface area contributed by atoms with Gasteiger partial charge in [-0.3, -0.25) is 9.59 Å². The number of fused-ring (bicyclic) bond motifs is 1. The molecule has 1 aliphatic rings. The van der Waals surface area contributed by atoms with E-state index in [2.05, 4.69) is 5.32 Å². The van der Waals surface area contributed by atoms with Gasteiger partial charge in [0.05, 0.1) is 0 Å². The summed E-state index contributed by atoms with van der Waals surface area (Å²) >= 11 is 0. The Balaban J connectivity index is 1.65. The maximum Gasteiger partial charge on any atom is 0.265 e. The van der Waals surface area contributed by atoms with Crippen LogP contribution in [0.3, 0.4) is 0 Å². The van der Waals surface area contributed by atoms with Gasteiger partial charge in [0.2, 0.25) is 12.0 Å². The molecule has 0 saturated carbocycles. The Morgan fingerprint density at radius 3 is 2.50 bits per heavy atom. The molecule has 2 unspecified atom stereocenters. The van der Waals surface area contributed by atoms with Gasteiger partial charge in [0.25, 0.3) is 5.91 Å². The highest BCUT2D eigenvalue weighted by atomic mass is 16.6. The molecule has 1 heterocycles. The zero-order chi connectivity index (χ0) is 17.1. The van der Waals surface area contributed by atoms with Gasteiger partial charge in [-0.15, -0.1) is 0 Å². The van der Waals surface area contributed by atoms with Crippen LogP contribution in [0.15, 0.2) is 48.5 Å². The van der Waals surface area contributed by atoms with Gasteiger partial charge in [0.15, 0.2) is 11.5 Å². The van der Waals surface area contributed by atoms with Crippen molar-refractivity contribution in [2.75, 3.05) is 0 Å². The molecule has 3 rings (SSSR count). The molecule has 0 aliphatic carbocycles. The molecule has 0 aromatic heterocycles. The third kappa shape index (κ3) is 3.32. The van der Waals surface area contributed by atoms with Crippen LogP contribution in [0.5, 0.6) is 11.5 Å². The molecular weight excluding hydrogens is 308 g/mol. The van der Waals surface area contributed by atoms with Crippen molar-refractivity contribution >= 4 is 11.8 Å². The first-order chi connectivity index (χ1) is 11.5. The molecule has 24 heavy (non-hydrogen) atoms. The van der Waals surface area contributed by atoms with Gasteiger partial charge in [0.1, 0.15) is 6.10 Å². The molecule has 2 aromatic carbocycles. The lowest BCUT2D eigenvalue weighted by atomic mass is 10.1. The van der Waals surface area contributed by atoms with Crippen molar-refractivity contribution in [2.45, 2.75) is 25.7 Å². The van der Waals surface area contributed by atoms with E-state index in [9.17, 15) is 9.59 Å². The summed E-state index contributed by atoms with van der Waals surface area (Å²) in [5.41, 5.74) is 6.44. The predicted octanol–water partition coefficient (Wildman–Crippen LogP) is 1.63. The second-order valence-corrected chi connectivity index (χ2v) is 5.59. The van der Waals surface area contributed by atoms with Crippen molar-refractivity contribution < 1.29 is 19.1 Å². The molecule has 0 radical (unpaired) electrons. The lowest BCUT2D eigenvalue weighted by Gasteiger charge is -2.31. The maximum atomic E-state index is 12.4. The van der Waals surface area contributed by atoms with Gasteiger partial charge in [-0.2, -0.15) is 0 Å². The SMILES string of the molecule is CC1Oc2ccccc2OC1C(=O)NCc1cccc(C(N)=O)c1. The molecule has 0 bridgehead atoms. The molecule has 124 valence electrons. The fraction of sp³-hybridized carbons (Fsp3) is 0.222. The number of primary amides is 1. The Morgan fingerprint density at radius 2 is 1.79 bits per heavy atom. The number of rotatable bonds is 4. The van der Waals surface area contributed by atoms with Crippen LogP contribution in [0.4, 0.5) is 0 Å². The lowest BCUT2D eigenvalue weighted by molar-refractivity contribution is -0.133. The number of amides is 2. The first-order valence-electron chi connectivity index (χ1n) is 7.63. The van der Waals surface area contributed by atoms with E-state index in [1.54, 1.807) is 37.3 Å². The van der Waals surface area contributed by atoms with Gasteiger partial charge in [-0.25, -0.2) is 0 Å². The van der Waals surface area contributed by atoms with Crippen molar-refractivity contribution in [3.8, 4) is 11.5 Å². The highest BCUT2D eigenvalue weighted by Gasteiger charge is 2.33. The molecule has 2 atom stereocenters. The van der Waals surface area contributed by atoms with Gasteiger partial charge < -0.3 is 20.5 Å². The fourth-order valence-electron chi connectivity index (χ4n) is 2.53. The zero-order valence-corrected chi connectivity index (χ0v) is 13.2. The third-order valence-electron chi connectivity index (χ3n) is 3.78. The van der Waals surface area contributed by atoms with Gasteiger partial charge in [-0.05, 0) is 36.8 Å². The second-order valence-electron chi connectivity index (χ2n) is 5.59. The quantitative estimate of drug-likeness (QED) is 0.893. The number of benzene rings is 2. The summed E-state index contributed by atoms with van der Waals surface area (Å²) in [6.07, 6.45) is -1.14. The first kappa shape index (κ1) is 15.9.